The minimum absolute atomic E-state index is 0.174. The molecule has 78 valence electrons. The summed E-state index contributed by atoms with van der Waals surface area (Å²) in [6, 6.07) is 2.14. The van der Waals surface area contributed by atoms with Crippen LogP contribution in [-0.4, -0.2) is 6.54 Å². The molecule has 0 aliphatic heterocycles. The van der Waals surface area contributed by atoms with E-state index in [-0.39, 0.29) is 10.6 Å². The summed E-state index contributed by atoms with van der Waals surface area (Å²) in [4.78, 5) is 0. The van der Waals surface area contributed by atoms with Crippen molar-refractivity contribution in [1.82, 2.24) is 0 Å². The van der Waals surface area contributed by atoms with Gasteiger partial charge >= 0.3 is 0 Å². The third-order valence-electron chi connectivity index (χ3n) is 1.93. The number of hydrogen-bond acceptors (Lipinski definition) is 2. The molecular weight excluding hydrogens is 226 g/mol. The van der Waals surface area contributed by atoms with Gasteiger partial charge < -0.3 is 11.5 Å². The molecule has 0 fully saturated rings. The molecule has 1 aromatic carbocycles. The molecule has 0 saturated heterocycles. The first-order valence-corrected chi connectivity index (χ1v) is 4.92. The molecule has 5 heteroatoms. The monoisotopic (exact) mass is 236 g/mol. The lowest BCUT2D eigenvalue weighted by Crippen LogP contribution is -2.17. The summed E-state index contributed by atoms with van der Waals surface area (Å²) in [5.41, 5.74) is 11.3. The summed E-state index contributed by atoms with van der Waals surface area (Å²) in [6.07, 6.45) is 0.469. The molecule has 0 heterocycles. The van der Waals surface area contributed by atoms with Crippen LogP contribution >= 0.6 is 23.2 Å². The zero-order valence-electron chi connectivity index (χ0n) is 7.43. The van der Waals surface area contributed by atoms with Crippen LogP contribution in [-0.2, 0) is 0 Å². The number of nitrogens with two attached hydrogens (primary N) is 2. The van der Waals surface area contributed by atoms with Gasteiger partial charge in [-0.25, -0.2) is 4.39 Å². The Morgan fingerprint density at radius 1 is 1.36 bits per heavy atom. The summed E-state index contributed by atoms with van der Waals surface area (Å²) in [5.74, 6) is -0.444. The van der Waals surface area contributed by atoms with Gasteiger partial charge in [0, 0.05) is 11.6 Å². The maximum atomic E-state index is 13.3. The van der Waals surface area contributed by atoms with E-state index in [4.69, 9.17) is 34.7 Å². The van der Waals surface area contributed by atoms with Crippen molar-refractivity contribution in [2.45, 2.75) is 12.5 Å². The molecule has 0 aliphatic rings. The molecule has 2 nitrogen and oxygen atoms in total. The fraction of sp³-hybridized carbons (Fsp3) is 0.333. The fourth-order valence-electron chi connectivity index (χ4n) is 1.21. The quantitative estimate of drug-likeness (QED) is 0.793. The van der Waals surface area contributed by atoms with Crippen molar-refractivity contribution in [3.05, 3.63) is 33.6 Å². The van der Waals surface area contributed by atoms with E-state index >= 15 is 0 Å². The van der Waals surface area contributed by atoms with E-state index < -0.39 is 11.9 Å². The van der Waals surface area contributed by atoms with Gasteiger partial charge in [0.25, 0.3) is 0 Å². The van der Waals surface area contributed by atoms with E-state index in [0.29, 0.717) is 18.0 Å². The van der Waals surface area contributed by atoms with Gasteiger partial charge in [-0.3, -0.25) is 0 Å². The Kier molecular flexibility index (Phi) is 4.13. The smallest absolute Gasteiger partial charge is 0.129 e. The molecule has 0 spiro atoms. The highest BCUT2D eigenvalue weighted by Crippen LogP contribution is 2.32. The molecule has 0 radical (unpaired) electrons. The molecule has 0 saturated carbocycles. The zero-order valence-corrected chi connectivity index (χ0v) is 8.95. The van der Waals surface area contributed by atoms with Gasteiger partial charge in [0.05, 0.1) is 10.0 Å². The van der Waals surface area contributed by atoms with Gasteiger partial charge in [-0.15, -0.1) is 0 Å². The fourth-order valence-corrected chi connectivity index (χ4v) is 1.66. The topological polar surface area (TPSA) is 52.0 Å². The van der Waals surface area contributed by atoms with Crippen LogP contribution in [0.4, 0.5) is 4.39 Å². The van der Waals surface area contributed by atoms with Crippen molar-refractivity contribution in [2.24, 2.45) is 11.5 Å². The normalized spacial score (nSPS) is 12.9. The summed E-state index contributed by atoms with van der Waals surface area (Å²) < 4.78 is 13.3. The Balaban J connectivity index is 3.11. The first-order chi connectivity index (χ1) is 6.57. The van der Waals surface area contributed by atoms with Crippen molar-refractivity contribution >= 4 is 23.2 Å². The van der Waals surface area contributed by atoms with Gasteiger partial charge in [0.2, 0.25) is 0 Å². The Hall–Kier alpha value is -0.350. The summed E-state index contributed by atoms with van der Waals surface area (Å²) >= 11 is 11.6. The van der Waals surface area contributed by atoms with Gasteiger partial charge in [-0.1, -0.05) is 23.2 Å². The Bertz CT molecular complexity index is 331. The predicted molar refractivity (Wildman–Crippen MR) is 57.0 cm³/mol. The maximum absolute atomic E-state index is 13.3. The average Bonchev–Trinajstić information content (AvgIpc) is 2.13. The van der Waals surface area contributed by atoms with Crippen molar-refractivity contribution in [1.29, 1.82) is 0 Å². The van der Waals surface area contributed by atoms with Crippen molar-refractivity contribution < 1.29 is 4.39 Å². The molecule has 0 bridgehead atoms. The largest absolute Gasteiger partial charge is 0.330 e. The minimum atomic E-state index is -0.508. The zero-order chi connectivity index (χ0) is 10.7. The molecule has 0 aliphatic carbocycles. The van der Waals surface area contributed by atoms with E-state index in [1.54, 1.807) is 0 Å². The lowest BCUT2D eigenvalue weighted by atomic mass is 10.0. The molecular formula is C9H11Cl2FN2. The van der Waals surface area contributed by atoms with Crippen LogP contribution in [0.25, 0.3) is 0 Å². The third-order valence-corrected chi connectivity index (χ3v) is 2.75. The minimum Gasteiger partial charge on any atom is -0.330 e. The van der Waals surface area contributed by atoms with Crippen LogP contribution in [0.2, 0.25) is 10.0 Å². The average molecular weight is 237 g/mol. The molecule has 4 N–H and O–H groups in total. The molecule has 1 aromatic rings. The highest BCUT2D eigenvalue weighted by Gasteiger charge is 2.16. The van der Waals surface area contributed by atoms with Crippen molar-refractivity contribution in [2.75, 3.05) is 6.54 Å². The molecule has 0 aromatic heterocycles. The van der Waals surface area contributed by atoms with E-state index in [2.05, 4.69) is 0 Å². The van der Waals surface area contributed by atoms with Crippen LogP contribution in [0.5, 0.6) is 0 Å². The Labute approximate surface area is 92.0 Å². The number of halogens is 3. The molecule has 1 atom stereocenters. The van der Waals surface area contributed by atoms with E-state index in [1.165, 1.54) is 12.1 Å². The Morgan fingerprint density at radius 2 is 2.00 bits per heavy atom. The van der Waals surface area contributed by atoms with Gasteiger partial charge in [0.1, 0.15) is 5.82 Å². The predicted octanol–water partition coefficient (Wildman–Crippen LogP) is 2.48. The van der Waals surface area contributed by atoms with Gasteiger partial charge in [0.15, 0.2) is 0 Å². The molecule has 14 heavy (non-hydrogen) atoms. The van der Waals surface area contributed by atoms with Crippen LogP contribution < -0.4 is 11.5 Å². The molecule has 0 amide bonds. The van der Waals surface area contributed by atoms with E-state index in [0.717, 1.165) is 0 Å². The third kappa shape index (κ3) is 2.36. The van der Waals surface area contributed by atoms with Crippen LogP contribution in [0.1, 0.15) is 18.0 Å². The first kappa shape index (κ1) is 11.7. The number of benzene rings is 1. The van der Waals surface area contributed by atoms with Gasteiger partial charge in [-0.05, 0) is 25.1 Å². The SMILES string of the molecule is NCC[C@@H](N)c1c(F)ccc(Cl)c1Cl. The van der Waals surface area contributed by atoms with Crippen LogP contribution in [0.15, 0.2) is 12.1 Å². The Morgan fingerprint density at radius 3 is 2.57 bits per heavy atom. The molecule has 0 unspecified atom stereocenters. The van der Waals surface area contributed by atoms with E-state index in [9.17, 15) is 4.39 Å². The summed E-state index contributed by atoms with van der Waals surface area (Å²) in [7, 11) is 0. The van der Waals surface area contributed by atoms with Crippen molar-refractivity contribution in [3.63, 3.8) is 0 Å². The lowest BCUT2D eigenvalue weighted by molar-refractivity contribution is 0.567. The summed E-state index contributed by atoms with van der Waals surface area (Å²) in [6.45, 7) is 0.378. The second-order valence-corrected chi connectivity index (χ2v) is 3.73. The number of rotatable bonds is 3. The number of hydrogen-bond donors (Lipinski definition) is 2. The maximum Gasteiger partial charge on any atom is 0.129 e. The van der Waals surface area contributed by atoms with Gasteiger partial charge in [-0.2, -0.15) is 0 Å². The van der Waals surface area contributed by atoms with Crippen molar-refractivity contribution in [3.8, 4) is 0 Å². The highest BCUT2D eigenvalue weighted by molar-refractivity contribution is 6.42. The first-order valence-electron chi connectivity index (χ1n) is 4.17. The molecule has 1 rings (SSSR count). The lowest BCUT2D eigenvalue weighted by Gasteiger charge is -2.14. The van der Waals surface area contributed by atoms with E-state index in [1.807, 2.05) is 0 Å². The second kappa shape index (κ2) is 4.94. The van der Waals surface area contributed by atoms with Crippen LogP contribution in [0.3, 0.4) is 0 Å². The highest BCUT2D eigenvalue weighted by atomic mass is 35.5. The standard InChI is InChI=1S/C9H11Cl2FN2/c10-5-1-2-6(12)8(9(5)11)7(14)3-4-13/h1-2,7H,3-4,13-14H2/t7-/m1/s1. The van der Waals surface area contributed by atoms with Crippen LogP contribution in [0, 0.1) is 5.82 Å². The second-order valence-electron chi connectivity index (χ2n) is 2.94. The summed E-state index contributed by atoms with van der Waals surface area (Å²) in [5, 5.41) is 0.475.